The number of aromatic nitrogens is 3. The Morgan fingerprint density at radius 3 is 2.69 bits per heavy atom. The Hall–Kier alpha value is -1.77. The molecular formula is C21H29N5O2S. The molecule has 0 aliphatic carbocycles. The molecule has 3 aliphatic rings. The van der Waals surface area contributed by atoms with E-state index in [1.807, 2.05) is 22.1 Å². The molecular weight excluding hydrogens is 386 g/mol. The topological polar surface area (TPSA) is 63.5 Å². The van der Waals surface area contributed by atoms with Crippen LogP contribution in [0.3, 0.4) is 0 Å². The molecule has 0 bridgehead atoms. The van der Waals surface area contributed by atoms with Gasteiger partial charge in [0.05, 0.1) is 23.4 Å². The van der Waals surface area contributed by atoms with E-state index in [9.17, 15) is 4.79 Å². The van der Waals surface area contributed by atoms with E-state index in [0.717, 1.165) is 76.1 Å². The number of hydrogen-bond donors (Lipinski definition) is 0. The Morgan fingerprint density at radius 2 is 2.00 bits per heavy atom. The van der Waals surface area contributed by atoms with E-state index in [4.69, 9.17) is 4.74 Å². The van der Waals surface area contributed by atoms with Crippen molar-refractivity contribution in [3.05, 3.63) is 33.0 Å². The average molecular weight is 416 g/mol. The van der Waals surface area contributed by atoms with Crippen LogP contribution >= 0.6 is 11.3 Å². The van der Waals surface area contributed by atoms with Crippen LogP contribution in [0.2, 0.25) is 0 Å². The van der Waals surface area contributed by atoms with Crippen LogP contribution in [0, 0.1) is 6.92 Å². The highest BCUT2D eigenvalue weighted by Gasteiger charge is 2.42. The maximum Gasteiger partial charge on any atom is 0.274 e. The molecule has 0 atom stereocenters. The van der Waals surface area contributed by atoms with Crippen molar-refractivity contribution in [2.24, 2.45) is 7.05 Å². The molecule has 0 aromatic carbocycles. The SMILES string of the molecule is Cc1ncsc1CN1CCC2(CC1)Cc1c(c(C(=O)N3CCCC3)nn1C)CO2. The number of nitrogens with zero attached hydrogens (tertiary/aromatic N) is 5. The van der Waals surface area contributed by atoms with E-state index < -0.39 is 0 Å². The van der Waals surface area contributed by atoms with Crippen LogP contribution in [0.5, 0.6) is 0 Å². The number of carbonyl (C=O) groups excluding carboxylic acids is 1. The van der Waals surface area contributed by atoms with E-state index >= 15 is 0 Å². The van der Waals surface area contributed by atoms with Crippen molar-refractivity contribution in [2.45, 2.75) is 57.8 Å². The number of carbonyl (C=O) groups is 1. The Morgan fingerprint density at radius 1 is 1.24 bits per heavy atom. The summed E-state index contributed by atoms with van der Waals surface area (Å²) in [6.45, 7) is 7.35. The molecule has 156 valence electrons. The predicted octanol–water partition coefficient (Wildman–Crippen LogP) is 2.53. The fourth-order valence-corrected chi connectivity index (χ4v) is 5.74. The average Bonchev–Trinajstić information content (AvgIpc) is 3.46. The first-order chi connectivity index (χ1) is 14.0. The maximum atomic E-state index is 12.9. The van der Waals surface area contributed by atoms with Gasteiger partial charge < -0.3 is 9.64 Å². The Balaban J connectivity index is 1.28. The molecule has 1 amide bonds. The number of aryl methyl sites for hydroxylation is 2. The van der Waals surface area contributed by atoms with E-state index in [1.54, 1.807) is 11.3 Å². The van der Waals surface area contributed by atoms with Gasteiger partial charge in [-0.25, -0.2) is 4.98 Å². The molecule has 2 aromatic heterocycles. The van der Waals surface area contributed by atoms with Gasteiger partial charge in [-0.05, 0) is 32.6 Å². The van der Waals surface area contributed by atoms with E-state index in [-0.39, 0.29) is 11.5 Å². The summed E-state index contributed by atoms with van der Waals surface area (Å²) < 4.78 is 8.37. The number of thiazole rings is 1. The third-order valence-electron chi connectivity index (χ3n) is 6.86. The van der Waals surface area contributed by atoms with Crippen molar-refractivity contribution < 1.29 is 9.53 Å². The molecule has 0 saturated carbocycles. The molecule has 2 saturated heterocycles. The molecule has 0 radical (unpaired) electrons. The molecule has 7 nitrogen and oxygen atoms in total. The monoisotopic (exact) mass is 415 g/mol. The molecule has 8 heteroatoms. The lowest BCUT2D eigenvalue weighted by atomic mass is 9.83. The number of rotatable bonds is 3. The van der Waals surface area contributed by atoms with Crippen molar-refractivity contribution in [3.63, 3.8) is 0 Å². The first kappa shape index (κ1) is 19.2. The standard InChI is InChI=1S/C21H29N5O2S/c1-15-18(29-14-22-15)12-25-9-5-21(6-10-25)11-17-16(13-28-21)19(23-24(17)2)20(27)26-7-3-4-8-26/h14H,3-13H2,1-2H3. The van der Waals surface area contributed by atoms with Crippen molar-refractivity contribution in [2.75, 3.05) is 26.2 Å². The second-order valence-corrected chi connectivity index (χ2v) is 9.62. The molecule has 3 aliphatic heterocycles. The van der Waals surface area contributed by atoms with Crippen LogP contribution in [0.25, 0.3) is 0 Å². The number of hydrogen-bond acceptors (Lipinski definition) is 6. The van der Waals surface area contributed by atoms with Gasteiger partial charge in [-0.15, -0.1) is 11.3 Å². The van der Waals surface area contributed by atoms with Crippen molar-refractivity contribution in [1.82, 2.24) is 24.6 Å². The van der Waals surface area contributed by atoms with E-state index in [0.29, 0.717) is 12.3 Å². The Labute approximate surface area is 175 Å². The highest BCUT2D eigenvalue weighted by molar-refractivity contribution is 7.09. The fourth-order valence-electron chi connectivity index (χ4n) is 4.92. The summed E-state index contributed by atoms with van der Waals surface area (Å²) in [6.07, 6.45) is 5.08. The fraction of sp³-hybridized carbons (Fsp3) is 0.667. The molecule has 29 heavy (non-hydrogen) atoms. The molecule has 0 unspecified atom stereocenters. The van der Waals surface area contributed by atoms with Crippen LogP contribution < -0.4 is 0 Å². The predicted molar refractivity (Wildman–Crippen MR) is 111 cm³/mol. The molecule has 5 rings (SSSR count). The summed E-state index contributed by atoms with van der Waals surface area (Å²) in [4.78, 5) is 23.1. The number of ether oxygens (including phenoxy) is 1. The second-order valence-electron chi connectivity index (χ2n) is 8.68. The smallest absolute Gasteiger partial charge is 0.274 e. The first-order valence-electron chi connectivity index (χ1n) is 10.6. The lowest BCUT2D eigenvalue weighted by molar-refractivity contribution is -0.104. The van der Waals surface area contributed by atoms with Crippen molar-refractivity contribution in [1.29, 1.82) is 0 Å². The maximum absolute atomic E-state index is 12.9. The summed E-state index contributed by atoms with van der Waals surface area (Å²) in [5, 5.41) is 4.62. The number of amides is 1. The van der Waals surface area contributed by atoms with Gasteiger partial charge in [-0.1, -0.05) is 0 Å². The summed E-state index contributed by atoms with van der Waals surface area (Å²) in [6, 6.07) is 0. The summed E-state index contributed by atoms with van der Waals surface area (Å²) in [5.74, 6) is 0.0775. The van der Waals surface area contributed by atoms with E-state index in [2.05, 4.69) is 21.9 Å². The second kappa shape index (κ2) is 7.49. The zero-order valence-electron chi connectivity index (χ0n) is 17.3. The molecule has 1 spiro atoms. The highest BCUT2D eigenvalue weighted by atomic mass is 32.1. The first-order valence-corrected chi connectivity index (χ1v) is 11.5. The lowest BCUT2D eigenvalue weighted by Crippen LogP contribution is -2.49. The number of likely N-dealkylation sites (tertiary alicyclic amines) is 2. The van der Waals surface area contributed by atoms with Gasteiger partial charge in [0.1, 0.15) is 0 Å². The normalized spacial score (nSPS) is 21.7. The minimum atomic E-state index is -0.117. The highest BCUT2D eigenvalue weighted by Crippen LogP contribution is 2.38. The Kier molecular flexibility index (Phi) is 4.96. The van der Waals surface area contributed by atoms with E-state index in [1.165, 1.54) is 10.6 Å². The van der Waals surface area contributed by atoms with Gasteiger partial charge in [0.25, 0.3) is 5.91 Å². The quantitative estimate of drug-likeness (QED) is 0.771. The summed E-state index contributed by atoms with van der Waals surface area (Å²) in [5.41, 5.74) is 5.78. The van der Waals surface area contributed by atoms with Crippen LogP contribution in [-0.2, 0) is 31.4 Å². The van der Waals surface area contributed by atoms with Gasteiger partial charge in [-0.2, -0.15) is 5.10 Å². The summed E-state index contributed by atoms with van der Waals surface area (Å²) >= 11 is 1.75. The number of fused-ring (bicyclic) bond motifs is 1. The van der Waals surface area contributed by atoms with Gasteiger partial charge in [-0.3, -0.25) is 14.4 Å². The summed E-state index contributed by atoms with van der Waals surface area (Å²) in [7, 11) is 1.97. The zero-order chi connectivity index (χ0) is 20.0. The minimum Gasteiger partial charge on any atom is -0.370 e. The third kappa shape index (κ3) is 3.51. The largest absolute Gasteiger partial charge is 0.370 e. The number of piperidine rings is 1. The van der Waals surface area contributed by atoms with Crippen LogP contribution in [0.1, 0.15) is 58.0 Å². The van der Waals surface area contributed by atoms with Gasteiger partial charge in [0.15, 0.2) is 5.69 Å². The van der Waals surface area contributed by atoms with Crippen LogP contribution in [0.4, 0.5) is 0 Å². The molecule has 0 N–H and O–H groups in total. The molecule has 2 aromatic rings. The minimum absolute atomic E-state index is 0.0775. The molecule has 2 fully saturated rings. The van der Waals surface area contributed by atoms with Gasteiger partial charge in [0, 0.05) is 62.3 Å². The Bertz CT molecular complexity index is 906. The zero-order valence-corrected chi connectivity index (χ0v) is 18.1. The van der Waals surface area contributed by atoms with Crippen LogP contribution in [-0.4, -0.2) is 62.3 Å². The van der Waals surface area contributed by atoms with Gasteiger partial charge >= 0.3 is 0 Å². The molecule has 5 heterocycles. The van der Waals surface area contributed by atoms with Crippen LogP contribution in [0.15, 0.2) is 5.51 Å². The lowest BCUT2D eigenvalue weighted by Gasteiger charge is -2.43. The third-order valence-corrected chi connectivity index (χ3v) is 7.78. The van der Waals surface area contributed by atoms with Crippen molar-refractivity contribution in [3.8, 4) is 0 Å². The van der Waals surface area contributed by atoms with Crippen molar-refractivity contribution >= 4 is 17.2 Å². The van der Waals surface area contributed by atoms with Gasteiger partial charge in [0.2, 0.25) is 0 Å².